The van der Waals surface area contributed by atoms with Gasteiger partial charge in [-0.1, -0.05) is 24.3 Å². The van der Waals surface area contributed by atoms with Gasteiger partial charge in [-0.2, -0.15) is 0 Å². The fourth-order valence-corrected chi connectivity index (χ4v) is 3.81. The average molecular weight is 431 g/mol. The van der Waals surface area contributed by atoms with E-state index in [1.54, 1.807) is 38.1 Å². The number of nitrogens with zero attached hydrogens (tertiary/aromatic N) is 2. The second-order valence-corrected chi connectivity index (χ2v) is 8.12. The fourth-order valence-electron chi connectivity index (χ4n) is 3.81. The van der Waals surface area contributed by atoms with Crippen molar-refractivity contribution in [2.45, 2.75) is 31.6 Å². The van der Waals surface area contributed by atoms with Gasteiger partial charge in [-0.25, -0.2) is 9.18 Å². The molecular weight excluding hydrogens is 399 g/mol. The summed E-state index contributed by atoms with van der Waals surface area (Å²) in [4.78, 5) is 15.2. The van der Waals surface area contributed by atoms with Crippen LogP contribution in [0.5, 0.6) is 5.75 Å². The van der Waals surface area contributed by atoms with Crippen LogP contribution in [0.3, 0.4) is 0 Å². The van der Waals surface area contributed by atoms with E-state index in [-0.39, 0.29) is 11.8 Å². The van der Waals surface area contributed by atoms with Crippen LogP contribution < -0.4 is 4.74 Å². The first-order valence-electron chi connectivity index (χ1n) is 10.4. The predicted molar refractivity (Wildman–Crippen MR) is 116 cm³/mol. The Morgan fingerprint density at radius 3 is 2.32 bits per heavy atom. The molecule has 1 fully saturated rings. The molecule has 1 heterocycles. The number of methoxy groups -OCH3 is 1. The van der Waals surface area contributed by atoms with E-state index in [2.05, 4.69) is 0 Å². The molecule has 0 unspecified atom stereocenters. The van der Waals surface area contributed by atoms with Crippen LogP contribution in [0.1, 0.15) is 29.5 Å². The van der Waals surface area contributed by atoms with Gasteiger partial charge in [-0.05, 0) is 28.8 Å². The molecule has 0 aromatic heterocycles. The van der Waals surface area contributed by atoms with E-state index in [4.69, 9.17) is 14.2 Å². The number of halogens is 1. The van der Waals surface area contributed by atoms with Crippen molar-refractivity contribution in [1.29, 1.82) is 0 Å². The highest BCUT2D eigenvalue weighted by Crippen LogP contribution is 2.37. The Balaban J connectivity index is 1.65. The molecule has 2 amide bonds. The Morgan fingerprint density at radius 2 is 1.71 bits per heavy atom. The third kappa shape index (κ3) is 5.74. The van der Waals surface area contributed by atoms with Gasteiger partial charge in [0.2, 0.25) is 0 Å². The number of rotatable bonds is 7. The Labute approximate surface area is 183 Å². The van der Waals surface area contributed by atoms with Crippen LogP contribution in [0.4, 0.5) is 9.18 Å². The molecule has 2 aromatic rings. The van der Waals surface area contributed by atoms with Crippen molar-refractivity contribution in [3.63, 3.8) is 0 Å². The lowest BCUT2D eigenvalue weighted by Gasteiger charge is -2.36. The zero-order valence-electron chi connectivity index (χ0n) is 18.7. The molecule has 168 valence electrons. The molecule has 31 heavy (non-hydrogen) atoms. The number of benzene rings is 2. The van der Waals surface area contributed by atoms with Crippen LogP contribution >= 0.6 is 0 Å². The number of urea groups is 1. The highest BCUT2D eigenvalue weighted by molar-refractivity contribution is 5.73. The Morgan fingerprint density at radius 1 is 1.06 bits per heavy atom. The zero-order chi connectivity index (χ0) is 22.4. The van der Waals surface area contributed by atoms with Crippen molar-refractivity contribution < 1.29 is 23.4 Å². The van der Waals surface area contributed by atoms with Crippen LogP contribution in [-0.2, 0) is 28.2 Å². The molecule has 0 saturated carbocycles. The molecule has 0 aliphatic carbocycles. The van der Waals surface area contributed by atoms with Crippen molar-refractivity contribution in [3.05, 3.63) is 65.0 Å². The molecule has 6 nitrogen and oxygen atoms in total. The van der Waals surface area contributed by atoms with Crippen molar-refractivity contribution in [1.82, 2.24) is 9.80 Å². The summed E-state index contributed by atoms with van der Waals surface area (Å²) in [6, 6.07) is 12.6. The van der Waals surface area contributed by atoms with E-state index in [9.17, 15) is 9.18 Å². The first kappa shape index (κ1) is 23.0. The maximum atomic E-state index is 14.3. The second-order valence-electron chi connectivity index (χ2n) is 8.12. The lowest BCUT2D eigenvalue weighted by molar-refractivity contribution is -0.0950. The molecule has 2 aromatic carbocycles. The Hall–Kier alpha value is -2.64. The second kappa shape index (κ2) is 10.1. The third-order valence-corrected chi connectivity index (χ3v) is 5.65. The van der Waals surface area contributed by atoms with Crippen molar-refractivity contribution >= 4 is 6.03 Å². The molecule has 1 aliphatic heterocycles. The van der Waals surface area contributed by atoms with Crippen LogP contribution in [0.25, 0.3) is 0 Å². The fraction of sp³-hybridized carbons (Fsp3) is 0.458. The van der Waals surface area contributed by atoms with Gasteiger partial charge in [-0.15, -0.1) is 0 Å². The normalized spacial score (nSPS) is 15.4. The first-order chi connectivity index (χ1) is 14.8. The minimum Gasteiger partial charge on any atom is -0.489 e. The SMILES string of the molecule is COC1(c2cc(F)cc(OCc3ccc(CN(C)C(=O)N(C)C)cc3)c2)CCOCC1. The summed E-state index contributed by atoms with van der Waals surface area (Å²) in [7, 11) is 6.88. The summed E-state index contributed by atoms with van der Waals surface area (Å²) in [6.45, 7) is 2.01. The van der Waals surface area contributed by atoms with E-state index in [0.717, 1.165) is 16.7 Å². The van der Waals surface area contributed by atoms with Gasteiger partial charge in [0.05, 0.1) is 5.60 Å². The molecule has 1 saturated heterocycles. The summed E-state index contributed by atoms with van der Waals surface area (Å²) in [5.41, 5.74) is 2.22. The van der Waals surface area contributed by atoms with Gasteiger partial charge in [-0.3, -0.25) is 0 Å². The molecule has 0 N–H and O–H groups in total. The Kier molecular flexibility index (Phi) is 7.51. The van der Waals surface area contributed by atoms with Crippen molar-refractivity contribution in [2.24, 2.45) is 0 Å². The molecular formula is C24H31FN2O4. The highest BCUT2D eigenvalue weighted by atomic mass is 19.1. The standard InChI is InChI=1S/C24H31FN2O4/c1-26(2)23(28)27(3)16-18-5-7-19(8-6-18)17-31-22-14-20(13-21(25)15-22)24(29-4)9-11-30-12-10-24/h5-8,13-15H,9-12,16-17H2,1-4H3. The van der Waals surface area contributed by atoms with Crippen molar-refractivity contribution in [2.75, 3.05) is 41.5 Å². The van der Waals surface area contributed by atoms with Crippen LogP contribution in [0.15, 0.2) is 42.5 Å². The highest BCUT2D eigenvalue weighted by Gasteiger charge is 2.35. The van der Waals surface area contributed by atoms with E-state index >= 15 is 0 Å². The summed E-state index contributed by atoms with van der Waals surface area (Å²) < 4.78 is 31.4. The summed E-state index contributed by atoms with van der Waals surface area (Å²) >= 11 is 0. The van der Waals surface area contributed by atoms with Gasteiger partial charge < -0.3 is 24.0 Å². The molecule has 7 heteroatoms. The zero-order valence-corrected chi connectivity index (χ0v) is 18.7. The number of hydrogen-bond acceptors (Lipinski definition) is 4. The largest absolute Gasteiger partial charge is 0.489 e. The molecule has 3 rings (SSSR count). The van der Waals surface area contributed by atoms with Gasteiger partial charge in [0.25, 0.3) is 0 Å². The number of carbonyl (C=O) groups excluding carboxylic acids is 1. The smallest absolute Gasteiger partial charge is 0.319 e. The van der Waals surface area contributed by atoms with Crippen LogP contribution in [0.2, 0.25) is 0 Å². The van der Waals surface area contributed by atoms with Gasteiger partial charge >= 0.3 is 6.03 Å². The van der Waals surface area contributed by atoms with E-state index in [1.165, 1.54) is 12.1 Å². The average Bonchev–Trinajstić information content (AvgIpc) is 2.78. The summed E-state index contributed by atoms with van der Waals surface area (Å²) in [5, 5.41) is 0. The Bertz CT molecular complexity index is 880. The number of carbonyl (C=O) groups is 1. The summed E-state index contributed by atoms with van der Waals surface area (Å²) in [6.07, 6.45) is 1.36. The number of amides is 2. The van der Waals surface area contributed by atoms with E-state index in [0.29, 0.717) is 45.0 Å². The van der Waals surface area contributed by atoms with Gasteiger partial charge in [0, 0.05) is 66.9 Å². The van der Waals surface area contributed by atoms with Gasteiger partial charge in [0.15, 0.2) is 0 Å². The van der Waals surface area contributed by atoms with Crippen molar-refractivity contribution in [3.8, 4) is 5.75 Å². The lowest BCUT2D eigenvalue weighted by Crippen LogP contribution is -2.35. The topological polar surface area (TPSA) is 51.2 Å². The molecule has 0 atom stereocenters. The van der Waals surface area contributed by atoms with E-state index in [1.807, 2.05) is 30.3 Å². The minimum absolute atomic E-state index is 0.0484. The molecule has 0 bridgehead atoms. The van der Waals surface area contributed by atoms with Crippen LogP contribution in [-0.4, -0.2) is 57.3 Å². The minimum atomic E-state index is -0.546. The molecule has 1 aliphatic rings. The maximum absolute atomic E-state index is 14.3. The predicted octanol–water partition coefficient (Wildman–Crippen LogP) is 4.17. The molecule has 0 radical (unpaired) electrons. The van der Waals surface area contributed by atoms with Gasteiger partial charge in [0.1, 0.15) is 18.2 Å². The molecule has 0 spiro atoms. The number of ether oxygens (including phenoxy) is 3. The van der Waals surface area contributed by atoms with Crippen LogP contribution in [0, 0.1) is 5.82 Å². The maximum Gasteiger partial charge on any atom is 0.319 e. The monoisotopic (exact) mass is 430 g/mol. The quantitative estimate of drug-likeness (QED) is 0.662. The first-order valence-corrected chi connectivity index (χ1v) is 10.4. The third-order valence-electron chi connectivity index (χ3n) is 5.65. The number of hydrogen-bond donors (Lipinski definition) is 0. The summed E-state index contributed by atoms with van der Waals surface area (Å²) in [5.74, 6) is 0.123. The van der Waals surface area contributed by atoms with E-state index < -0.39 is 5.60 Å². The lowest BCUT2D eigenvalue weighted by atomic mass is 9.86.